The SMILES string of the molecule is CN(C)C(=O)C1CCC(c2cc(N)n3ncc(-c4ccn(C)c4)c3n2)CN1.COC(=O)C1CCC(c2cc(N)n3ncc(-c4ccn(C)c4)c3n2)CN1.Cn1ccc(-c2cnn3c(N)cc(C4CCC5COC(=O)N5C4)nc23)c1.Nc1c(Br)c(C2CCC(CC(=O)O)CC2)nc2c(-c3ccn(-c4cccnc4)c3)cnn12.Nc1c(Br)c(C2CCC3(CC2)OCCO3)nc2c(-c3cnc4ccccc4c3)cnn12. The van der Waals surface area contributed by atoms with E-state index in [9.17, 15) is 19.2 Å². The number of carbonyl (C=O) groups is 4. The van der Waals surface area contributed by atoms with Crippen molar-refractivity contribution in [1.82, 2.24) is 122 Å². The number of halogens is 2. The van der Waals surface area contributed by atoms with Crippen LogP contribution in [-0.2, 0) is 54.5 Å². The highest BCUT2D eigenvalue weighted by molar-refractivity contribution is 9.11. The Bertz CT molecular complexity index is 7540. The lowest BCUT2D eigenvalue weighted by Gasteiger charge is -2.35. The van der Waals surface area contributed by atoms with E-state index in [4.69, 9.17) is 77.6 Å². The molecule has 7 aliphatic rings. The van der Waals surface area contributed by atoms with Gasteiger partial charge in [-0.25, -0.2) is 29.7 Å². The van der Waals surface area contributed by atoms with E-state index in [1.807, 2.05) is 191 Å². The van der Waals surface area contributed by atoms with Gasteiger partial charge in [0.1, 0.15) is 41.7 Å². The largest absolute Gasteiger partial charge is 0.481 e. The summed E-state index contributed by atoms with van der Waals surface area (Å²) in [5.41, 5.74) is 51.8. The second-order valence-electron chi connectivity index (χ2n) is 37.9. The van der Waals surface area contributed by atoms with Crippen LogP contribution in [0.4, 0.5) is 33.9 Å². The molecule has 5 saturated heterocycles. The molecule has 5 aliphatic heterocycles. The number of nitrogens with one attached hydrogen (secondary N) is 2. The molecule has 24 rings (SSSR count). The number of esters is 1. The van der Waals surface area contributed by atoms with Crippen molar-refractivity contribution < 1.29 is 43.2 Å². The summed E-state index contributed by atoms with van der Waals surface area (Å²) >= 11 is 7.33. The Morgan fingerprint density at radius 2 is 0.979 bits per heavy atom. The van der Waals surface area contributed by atoms with Crippen molar-refractivity contribution in [3.63, 3.8) is 0 Å². The van der Waals surface area contributed by atoms with Crippen molar-refractivity contribution in [1.29, 1.82) is 0 Å². The maximum Gasteiger partial charge on any atom is 0.410 e. The number of ether oxygens (including phenoxy) is 4. The summed E-state index contributed by atoms with van der Waals surface area (Å²) in [5, 5.41) is 38.9. The molecule has 17 aromatic rings. The first kappa shape index (κ1) is 95.0. The zero-order valence-electron chi connectivity index (χ0n) is 79.5. The van der Waals surface area contributed by atoms with Gasteiger partial charge in [-0.3, -0.25) is 24.4 Å². The molecule has 142 heavy (non-hydrogen) atoms. The summed E-state index contributed by atoms with van der Waals surface area (Å²) in [6.45, 7) is 3.87. The van der Waals surface area contributed by atoms with Crippen molar-refractivity contribution in [2.75, 3.05) is 89.3 Å². The fourth-order valence-corrected chi connectivity index (χ4v) is 21.8. The fraction of sp³-hybridized carbons (Fsp3) is 0.366. The molecule has 41 heteroatoms. The molecule has 1 aromatic carbocycles. The number of hydrogen-bond donors (Lipinski definition) is 8. The molecule has 734 valence electrons. The number of methoxy groups -OCH3 is 1. The fourth-order valence-electron chi connectivity index (χ4n) is 20.7. The molecular formula is C101H112Br2N30O9. The number of likely N-dealkylation sites (N-methyl/N-ethyl adjacent to an activating group) is 1. The second-order valence-corrected chi connectivity index (χ2v) is 39.5. The number of cyclic esters (lactones) is 1. The number of nitrogens with zero attached hydrogens (tertiary/aromatic N) is 23. The van der Waals surface area contributed by atoms with Gasteiger partial charge in [0.15, 0.2) is 34.0 Å². The number of aryl methyl sites for hydroxylation is 3. The zero-order chi connectivity index (χ0) is 98.5. The number of piperidine rings is 3. The number of amides is 2. The number of nitrogen functional groups attached to an aromatic ring is 5. The first-order valence-corrected chi connectivity index (χ1v) is 49.4. The van der Waals surface area contributed by atoms with E-state index in [2.05, 4.69) is 90.1 Å². The van der Waals surface area contributed by atoms with Crippen molar-refractivity contribution in [3.05, 3.63) is 221 Å². The number of pyridine rings is 2. The average molecular weight is 2050 g/mol. The summed E-state index contributed by atoms with van der Waals surface area (Å²) in [6.07, 6.45) is 42.9. The third kappa shape index (κ3) is 19.3. The van der Waals surface area contributed by atoms with Crippen molar-refractivity contribution in [2.24, 2.45) is 27.1 Å². The second kappa shape index (κ2) is 40.2. The van der Waals surface area contributed by atoms with E-state index >= 15 is 0 Å². The third-order valence-electron chi connectivity index (χ3n) is 28.4. The molecule has 2 amide bonds. The first-order valence-electron chi connectivity index (χ1n) is 47.8. The monoisotopic (exact) mass is 2050 g/mol. The van der Waals surface area contributed by atoms with E-state index in [0.29, 0.717) is 68.5 Å². The van der Waals surface area contributed by atoms with Gasteiger partial charge in [0.25, 0.3) is 0 Å². The van der Waals surface area contributed by atoms with Gasteiger partial charge in [0.05, 0.1) is 118 Å². The van der Waals surface area contributed by atoms with Crippen LogP contribution in [0.3, 0.4) is 0 Å². The lowest BCUT2D eigenvalue weighted by Crippen LogP contribution is -2.48. The average Bonchev–Trinajstić information content (AvgIpc) is 1.47. The number of carboxylic acid groups (broad SMARTS) is 1. The summed E-state index contributed by atoms with van der Waals surface area (Å²) in [5.74, 6) is 2.91. The van der Waals surface area contributed by atoms with Crippen LogP contribution >= 0.6 is 31.9 Å². The molecule has 39 nitrogen and oxygen atoms in total. The minimum absolute atomic E-state index is 0.118. The van der Waals surface area contributed by atoms with Gasteiger partial charge < -0.3 is 91.4 Å². The van der Waals surface area contributed by atoms with E-state index in [1.165, 1.54) is 7.11 Å². The van der Waals surface area contributed by atoms with Gasteiger partial charge >= 0.3 is 18.0 Å². The number of anilines is 5. The Morgan fingerprint density at radius 1 is 0.514 bits per heavy atom. The number of aromatic nitrogens is 21. The number of fused-ring (bicyclic) bond motifs is 7. The Labute approximate surface area is 832 Å². The maximum atomic E-state index is 12.2. The molecule has 6 atom stereocenters. The number of carboxylic acids is 1. The summed E-state index contributed by atoms with van der Waals surface area (Å²) < 4.78 is 39.7. The number of para-hydroxylation sites is 1. The number of aliphatic carboxylic acids is 1. The molecule has 7 fully saturated rings. The van der Waals surface area contributed by atoms with Crippen LogP contribution in [0, 0.1) is 5.92 Å². The van der Waals surface area contributed by atoms with Crippen LogP contribution in [0.15, 0.2) is 193 Å². The zero-order valence-corrected chi connectivity index (χ0v) is 82.7. The van der Waals surface area contributed by atoms with Crippen LogP contribution < -0.4 is 39.3 Å². The molecule has 1 spiro atoms. The molecule has 0 radical (unpaired) electrons. The van der Waals surface area contributed by atoms with Crippen molar-refractivity contribution in [3.8, 4) is 61.3 Å². The topological polar surface area (TPSA) is 483 Å². The quantitative estimate of drug-likeness (QED) is 0.0442. The lowest BCUT2D eigenvalue weighted by atomic mass is 9.79. The summed E-state index contributed by atoms with van der Waals surface area (Å²) in [6, 6.07) is 27.7. The van der Waals surface area contributed by atoms with Crippen molar-refractivity contribution >= 4 is 124 Å². The van der Waals surface area contributed by atoms with Gasteiger partial charge in [-0.05, 0) is 163 Å². The van der Waals surface area contributed by atoms with Crippen LogP contribution in [-0.4, -0.2) is 225 Å². The van der Waals surface area contributed by atoms with Crippen LogP contribution in [0.5, 0.6) is 0 Å². The number of carbonyl (C=O) groups excluding carboxylic acids is 3. The lowest BCUT2D eigenvalue weighted by molar-refractivity contribution is -0.179. The van der Waals surface area contributed by atoms with E-state index < -0.39 is 11.8 Å². The first-order chi connectivity index (χ1) is 68.7. The van der Waals surface area contributed by atoms with Crippen LogP contribution in [0.1, 0.15) is 154 Å². The standard InChI is InChI=1S/C23H23BrN6O2.C23H22BrN5O2.C19H25N7O.C18H20N6O2.C18H22N6O2/c24-20-21(15-5-3-14(4-6-15)10-19(31)32)28-23-18(12-27-30(23)22(20)25)16-7-9-29(13-16)17-2-1-8-26-11-17;24-19-20(14-5-7-23(8-6-14)30-9-10-31-23)28-22-17(13-27-29(22)21(19)25)16-11-15-3-1-2-4-18(15)26-12-16;1-24(2)19(27)15-5-4-12(9-21-15)16-8-17(20)26-18(23-16)14(10-22-26)13-6-7-25(3)11-13;1-22-5-4-11(8-22)14-7-20-24-16(19)6-15(21-17(14)24)12-2-3-13-10-26-18(25)23(13)9-12;1-23-6-5-12(10-23)13-9-21-24-16(19)7-15(22-17(13)24)11-3-4-14(20-8-11)18(25)26-2/h1-2,7-9,11-15H,3-6,10,25H2,(H,31,32);1-4,11-14H,5-10,25H2;6-8,10-12,15,21H,4-5,9,20H2,1-3H3;4-8,12-13H,2-3,9-10,19H2,1H3;5-7,9-11,14,20H,3-4,8,19H2,1-2H3. The predicted octanol–water partition coefficient (Wildman–Crippen LogP) is 13.9. The molecule has 6 unspecified atom stereocenters. The van der Waals surface area contributed by atoms with Gasteiger partial charge in [0.2, 0.25) is 5.91 Å². The highest BCUT2D eigenvalue weighted by Crippen LogP contribution is 2.47. The third-order valence-corrected chi connectivity index (χ3v) is 30.0. The smallest absolute Gasteiger partial charge is 0.410 e. The van der Waals surface area contributed by atoms with Crippen molar-refractivity contribution in [2.45, 2.75) is 150 Å². The highest BCUT2D eigenvalue weighted by atomic mass is 79.9. The molecule has 21 heterocycles. The minimum atomic E-state index is -0.722. The Hall–Kier alpha value is -14.5. The normalized spacial score (nSPS) is 20.1. The molecule has 0 bridgehead atoms. The molecule has 16 aromatic heterocycles. The maximum absolute atomic E-state index is 12.2. The van der Waals surface area contributed by atoms with E-state index in [-0.39, 0.29) is 78.0 Å². The Balaban J connectivity index is 0.000000109. The number of nitrogens with two attached hydrogens (primary N) is 5. The Morgan fingerprint density at radius 3 is 1.46 bits per heavy atom. The van der Waals surface area contributed by atoms with E-state index in [1.54, 1.807) is 66.4 Å². The number of hydrogen-bond acceptors (Lipinski definition) is 27. The van der Waals surface area contributed by atoms with Gasteiger partial charge in [-0.2, -0.15) is 48.1 Å². The highest BCUT2D eigenvalue weighted by Gasteiger charge is 2.43. The van der Waals surface area contributed by atoms with Crippen LogP contribution in [0.2, 0.25) is 0 Å². The molecule has 13 N–H and O–H groups in total. The van der Waals surface area contributed by atoms with Gasteiger partial charge in [0, 0.05) is 245 Å². The Kier molecular flexibility index (Phi) is 26.9. The molecule has 2 aliphatic carbocycles. The number of rotatable bonds is 15. The predicted molar refractivity (Wildman–Crippen MR) is 544 cm³/mol. The molecular weight excluding hydrogens is 1940 g/mol. The van der Waals surface area contributed by atoms with Crippen LogP contribution in [0.25, 0.3) is 100 Å². The minimum Gasteiger partial charge on any atom is -0.481 e. The summed E-state index contributed by atoms with van der Waals surface area (Å²) in [7, 11) is 10.9. The van der Waals surface area contributed by atoms with Gasteiger partial charge in [-0.15, -0.1) is 0 Å². The van der Waals surface area contributed by atoms with Gasteiger partial charge in [-0.1, -0.05) is 18.2 Å². The van der Waals surface area contributed by atoms with E-state index in [0.717, 1.165) is 228 Å². The number of benzene rings is 1. The summed E-state index contributed by atoms with van der Waals surface area (Å²) in [4.78, 5) is 83.7. The molecule has 2 saturated carbocycles.